The number of carbonyl (C=O) groups excluding carboxylic acids is 1. The van der Waals surface area contributed by atoms with E-state index >= 15 is 0 Å². The number of nitrogens with one attached hydrogen (secondary N) is 1. The fourth-order valence-corrected chi connectivity index (χ4v) is 5.86. The third-order valence-corrected chi connectivity index (χ3v) is 8.08. The third-order valence-electron chi connectivity index (χ3n) is 8.08. The minimum absolute atomic E-state index is 0.0117. The Hall–Kier alpha value is -3.79. The summed E-state index contributed by atoms with van der Waals surface area (Å²) in [7, 11) is 0. The molecule has 0 spiro atoms. The largest absolute Gasteiger partial charge is 0.490 e. The number of hydrogen-bond acceptors (Lipinski definition) is 6. The highest BCUT2D eigenvalue weighted by Crippen LogP contribution is 2.34. The van der Waals surface area contributed by atoms with Crippen molar-refractivity contribution in [3.05, 3.63) is 83.7 Å². The first-order valence-corrected chi connectivity index (χ1v) is 14.1. The highest BCUT2D eigenvalue weighted by atomic mass is 19.4. The van der Waals surface area contributed by atoms with Crippen LogP contribution in [0, 0.1) is 0 Å². The summed E-state index contributed by atoms with van der Waals surface area (Å²) in [4.78, 5) is 21.5. The maximum atomic E-state index is 13.0. The molecule has 1 amide bonds. The van der Waals surface area contributed by atoms with E-state index in [4.69, 9.17) is 9.47 Å². The van der Waals surface area contributed by atoms with Gasteiger partial charge in [-0.3, -0.25) is 14.7 Å². The van der Waals surface area contributed by atoms with Crippen molar-refractivity contribution in [2.24, 2.45) is 0 Å². The van der Waals surface area contributed by atoms with E-state index in [9.17, 15) is 18.0 Å². The molecule has 2 aromatic carbocycles. The Bertz CT molecular complexity index is 1340. The molecule has 0 aliphatic carbocycles. The van der Waals surface area contributed by atoms with Gasteiger partial charge < -0.3 is 19.7 Å². The zero-order chi connectivity index (χ0) is 28.4. The number of likely N-dealkylation sites (tertiary alicyclic amines) is 1. The highest BCUT2D eigenvalue weighted by Gasteiger charge is 2.33. The molecule has 1 N–H and O–H groups in total. The minimum Gasteiger partial charge on any atom is -0.490 e. The first-order chi connectivity index (χ1) is 19.8. The lowest BCUT2D eigenvalue weighted by Gasteiger charge is -2.34. The van der Waals surface area contributed by atoms with Crippen molar-refractivity contribution in [2.45, 2.75) is 56.7 Å². The molecule has 3 aromatic rings. The van der Waals surface area contributed by atoms with Crippen molar-refractivity contribution in [1.29, 1.82) is 0 Å². The number of aromatic nitrogens is 1. The van der Waals surface area contributed by atoms with Crippen LogP contribution in [0.25, 0.3) is 0 Å². The van der Waals surface area contributed by atoms with Crippen LogP contribution in [0.1, 0.15) is 36.0 Å². The number of rotatable bonds is 7. The van der Waals surface area contributed by atoms with E-state index < -0.39 is 17.8 Å². The zero-order valence-corrected chi connectivity index (χ0v) is 22.6. The Balaban J connectivity index is 0.964. The average molecular weight is 567 g/mol. The zero-order valence-electron chi connectivity index (χ0n) is 22.6. The lowest BCUT2D eigenvalue weighted by atomic mass is 10.1. The first kappa shape index (κ1) is 27.4. The summed E-state index contributed by atoms with van der Waals surface area (Å²) in [5.74, 6) is 1.36. The molecule has 0 bridgehead atoms. The van der Waals surface area contributed by atoms with Crippen molar-refractivity contribution < 1.29 is 27.4 Å². The van der Waals surface area contributed by atoms with Crippen LogP contribution in [0.15, 0.2) is 67.0 Å². The maximum absolute atomic E-state index is 13.0. The average Bonchev–Trinajstić information content (AvgIpc) is 3.60. The second-order valence-electron chi connectivity index (χ2n) is 11.0. The van der Waals surface area contributed by atoms with Crippen LogP contribution in [0.2, 0.25) is 0 Å². The topological polar surface area (TPSA) is 66.9 Å². The standard InChI is InChI=1S/C31H33F3N4O3/c32-31(33,34)23-1-3-25(4-2-23)38-15-10-26(11-16-38)40-27-5-6-28-22(17-27)18-29(41-28)30(39)36-24-9-14-37(20-24)19-21-7-12-35-13-8-21/h1-8,12-13,17,24,26,29H,9-11,14-16,18-20H2,(H,36,39)/t24-,29?/m1/s1. The lowest BCUT2D eigenvalue weighted by Crippen LogP contribution is -2.44. The fourth-order valence-electron chi connectivity index (χ4n) is 5.86. The molecule has 2 saturated heterocycles. The lowest BCUT2D eigenvalue weighted by molar-refractivity contribution is -0.137. The predicted molar refractivity (Wildman–Crippen MR) is 148 cm³/mol. The Morgan fingerprint density at radius 3 is 2.49 bits per heavy atom. The van der Waals surface area contributed by atoms with Crippen LogP contribution in [-0.4, -0.2) is 60.2 Å². The molecule has 3 aliphatic heterocycles. The number of amides is 1. The van der Waals surface area contributed by atoms with Gasteiger partial charge in [0.1, 0.15) is 17.6 Å². The molecule has 2 fully saturated rings. The summed E-state index contributed by atoms with van der Waals surface area (Å²) in [6, 6.07) is 15.1. The van der Waals surface area contributed by atoms with E-state index in [1.165, 1.54) is 17.7 Å². The van der Waals surface area contributed by atoms with Gasteiger partial charge in [-0.2, -0.15) is 13.2 Å². The maximum Gasteiger partial charge on any atom is 0.416 e. The van der Waals surface area contributed by atoms with Crippen molar-refractivity contribution in [2.75, 3.05) is 31.1 Å². The van der Waals surface area contributed by atoms with Gasteiger partial charge in [-0.05, 0) is 66.6 Å². The number of benzene rings is 2. The van der Waals surface area contributed by atoms with Crippen LogP contribution < -0.4 is 19.7 Å². The van der Waals surface area contributed by atoms with Crippen molar-refractivity contribution >= 4 is 11.6 Å². The summed E-state index contributed by atoms with van der Waals surface area (Å²) in [6.45, 7) is 3.99. The van der Waals surface area contributed by atoms with Gasteiger partial charge >= 0.3 is 6.18 Å². The van der Waals surface area contributed by atoms with Crippen molar-refractivity contribution in [3.63, 3.8) is 0 Å². The summed E-state index contributed by atoms with van der Waals surface area (Å²) in [5.41, 5.74) is 2.32. The number of fused-ring (bicyclic) bond motifs is 1. The van der Waals surface area contributed by atoms with E-state index in [1.807, 2.05) is 30.3 Å². The quantitative estimate of drug-likeness (QED) is 0.442. The number of piperidine rings is 1. The summed E-state index contributed by atoms with van der Waals surface area (Å²) >= 11 is 0. The molecule has 3 aliphatic rings. The highest BCUT2D eigenvalue weighted by molar-refractivity contribution is 5.83. The number of pyridine rings is 1. The summed E-state index contributed by atoms with van der Waals surface area (Å²) in [5, 5.41) is 3.17. The van der Waals surface area contributed by atoms with E-state index in [-0.39, 0.29) is 18.1 Å². The number of halogens is 3. The summed E-state index contributed by atoms with van der Waals surface area (Å²) in [6.07, 6.45) is 1.66. The van der Waals surface area contributed by atoms with Gasteiger partial charge in [-0.25, -0.2) is 0 Å². The van der Waals surface area contributed by atoms with Crippen LogP contribution in [0.5, 0.6) is 11.5 Å². The monoisotopic (exact) mass is 566 g/mol. The number of anilines is 1. The van der Waals surface area contributed by atoms with Crippen LogP contribution in [-0.2, 0) is 23.9 Å². The van der Waals surface area contributed by atoms with Crippen molar-refractivity contribution in [3.8, 4) is 11.5 Å². The molecule has 7 nitrogen and oxygen atoms in total. The normalized spacial score (nSPS) is 21.4. The molecule has 0 radical (unpaired) electrons. The Kier molecular flexibility index (Phi) is 7.75. The molecular weight excluding hydrogens is 533 g/mol. The third kappa shape index (κ3) is 6.59. The molecular formula is C31H33F3N4O3. The minimum atomic E-state index is -4.33. The van der Waals surface area contributed by atoms with E-state index in [0.717, 1.165) is 68.0 Å². The van der Waals surface area contributed by atoms with Gasteiger partial charge in [-0.1, -0.05) is 0 Å². The van der Waals surface area contributed by atoms with Gasteiger partial charge in [-0.15, -0.1) is 0 Å². The SMILES string of the molecule is O=C(N[C@@H]1CCN(Cc2ccncc2)C1)C1Cc2cc(OC3CCN(c4ccc(C(F)(F)F)cc4)CC3)ccc2O1. The fraction of sp³-hybridized carbons (Fsp3) is 0.419. The van der Waals surface area contributed by atoms with Gasteiger partial charge in [0.15, 0.2) is 6.10 Å². The Labute approximate surface area is 237 Å². The first-order valence-electron chi connectivity index (χ1n) is 14.1. The molecule has 1 aromatic heterocycles. The molecule has 2 atom stereocenters. The molecule has 0 saturated carbocycles. The second kappa shape index (κ2) is 11.6. The number of ether oxygens (including phenoxy) is 2. The van der Waals surface area contributed by atoms with E-state index in [1.54, 1.807) is 12.4 Å². The predicted octanol–water partition coefficient (Wildman–Crippen LogP) is 4.84. The van der Waals surface area contributed by atoms with Crippen LogP contribution in [0.4, 0.5) is 18.9 Å². The smallest absolute Gasteiger partial charge is 0.416 e. The number of nitrogens with zero attached hydrogens (tertiary/aromatic N) is 3. The van der Waals surface area contributed by atoms with Crippen LogP contribution in [0.3, 0.4) is 0 Å². The Morgan fingerprint density at radius 2 is 1.76 bits per heavy atom. The van der Waals surface area contributed by atoms with Gasteiger partial charge in [0.25, 0.3) is 5.91 Å². The number of alkyl halides is 3. The van der Waals surface area contributed by atoms with Crippen LogP contribution >= 0.6 is 0 Å². The van der Waals surface area contributed by atoms with Gasteiger partial charge in [0.05, 0.1) is 5.56 Å². The molecule has 41 heavy (non-hydrogen) atoms. The summed E-state index contributed by atoms with van der Waals surface area (Å²) < 4.78 is 50.8. The van der Waals surface area contributed by atoms with Gasteiger partial charge in [0.2, 0.25) is 0 Å². The molecule has 4 heterocycles. The Morgan fingerprint density at radius 1 is 1.00 bits per heavy atom. The van der Waals surface area contributed by atoms with E-state index in [0.29, 0.717) is 25.3 Å². The van der Waals surface area contributed by atoms with Crippen molar-refractivity contribution in [1.82, 2.24) is 15.2 Å². The second-order valence-corrected chi connectivity index (χ2v) is 11.0. The number of carbonyl (C=O) groups is 1. The number of hydrogen-bond donors (Lipinski definition) is 1. The van der Waals surface area contributed by atoms with E-state index in [2.05, 4.69) is 20.1 Å². The molecule has 6 rings (SSSR count). The molecule has 216 valence electrons. The van der Waals surface area contributed by atoms with Gasteiger partial charge in [0, 0.05) is 81.7 Å². The molecule has 10 heteroatoms. The molecule has 1 unspecified atom stereocenters.